The molecule has 148 valence electrons. The third-order valence-electron chi connectivity index (χ3n) is 5.00. The number of nitrogens with one attached hydrogen (secondary N) is 2. The van der Waals surface area contributed by atoms with Crippen molar-refractivity contribution in [3.63, 3.8) is 0 Å². The van der Waals surface area contributed by atoms with Crippen LogP contribution in [0.3, 0.4) is 0 Å². The number of benzene rings is 4. The molecule has 1 atom stereocenters. The zero-order valence-electron chi connectivity index (χ0n) is 16.4. The van der Waals surface area contributed by atoms with E-state index in [2.05, 4.69) is 10.6 Å². The molecule has 0 heterocycles. The van der Waals surface area contributed by atoms with Crippen molar-refractivity contribution >= 4 is 28.3 Å². The van der Waals surface area contributed by atoms with Crippen molar-refractivity contribution in [3.8, 4) is 0 Å². The minimum atomic E-state index is -0.436. The summed E-state index contributed by atoms with van der Waals surface area (Å²) < 4.78 is 0. The number of hydrogen-bond acceptors (Lipinski definition) is 2. The van der Waals surface area contributed by atoms with Crippen LogP contribution in [0.4, 0.5) is 5.69 Å². The summed E-state index contributed by atoms with van der Waals surface area (Å²) in [7, 11) is 0. The van der Waals surface area contributed by atoms with Gasteiger partial charge in [-0.25, -0.2) is 0 Å². The van der Waals surface area contributed by atoms with E-state index in [1.807, 2.05) is 91.0 Å². The van der Waals surface area contributed by atoms with Crippen LogP contribution >= 0.6 is 0 Å². The molecule has 4 aromatic carbocycles. The standard InChI is InChI=1S/C26H22N2O2/c29-25(27-23-17-9-15-19-10-7-8-16-22(19)23)18-24(20-11-3-1-4-12-20)28-26(30)21-13-5-2-6-14-21/h1-17,24H,18H2,(H,27,29)(H,28,30)/t24-/m1/s1. The topological polar surface area (TPSA) is 58.2 Å². The van der Waals surface area contributed by atoms with Crippen LogP contribution in [0.5, 0.6) is 0 Å². The molecule has 0 saturated carbocycles. The number of carbonyl (C=O) groups excluding carboxylic acids is 2. The van der Waals surface area contributed by atoms with Crippen LogP contribution in [-0.4, -0.2) is 11.8 Å². The van der Waals surface area contributed by atoms with E-state index in [0.717, 1.165) is 22.0 Å². The molecule has 0 bridgehead atoms. The van der Waals surface area contributed by atoms with Gasteiger partial charge in [0.15, 0.2) is 0 Å². The minimum Gasteiger partial charge on any atom is -0.345 e. The summed E-state index contributed by atoms with van der Waals surface area (Å²) >= 11 is 0. The molecule has 4 rings (SSSR count). The lowest BCUT2D eigenvalue weighted by Crippen LogP contribution is -2.31. The van der Waals surface area contributed by atoms with Gasteiger partial charge >= 0.3 is 0 Å². The van der Waals surface area contributed by atoms with E-state index in [-0.39, 0.29) is 18.2 Å². The highest BCUT2D eigenvalue weighted by molar-refractivity contribution is 6.02. The Balaban J connectivity index is 1.54. The Morgan fingerprint density at radius 1 is 0.700 bits per heavy atom. The first kappa shape index (κ1) is 19.4. The summed E-state index contributed by atoms with van der Waals surface area (Å²) in [6.07, 6.45) is 0.131. The van der Waals surface area contributed by atoms with Gasteiger partial charge in [-0.3, -0.25) is 9.59 Å². The number of fused-ring (bicyclic) bond motifs is 1. The summed E-state index contributed by atoms with van der Waals surface area (Å²) in [5, 5.41) is 8.06. The number of amides is 2. The van der Waals surface area contributed by atoms with Gasteiger partial charge in [0.1, 0.15) is 0 Å². The predicted molar refractivity (Wildman–Crippen MR) is 120 cm³/mol. The fourth-order valence-electron chi connectivity index (χ4n) is 3.49. The third-order valence-corrected chi connectivity index (χ3v) is 5.00. The average Bonchev–Trinajstić information content (AvgIpc) is 2.80. The average molecular weight is 394 g/mol. The fourth-order valence-corrected chi connectivity index (χ4v) is 3.49. The van der Waals surface area contributed by atoms with Crippen molar-refractivity contribution in [2.75, 3.05) is 5.32 Å². The largest absolute Gasteiger partial charge is 0.345 e. The van der Waals surface area contributed by atoms with Crippen molar-refractivity contribution in [3.05, 3.63) is 114 Å². The fraction of sp³-hybridized carbons (Fsp3) is 0.0769. The molecule has 0 aromatic heterocycles. The van der Waals surface area contributed by atoms with Gasteiger partial charge in [-0.1, -0.05) is 84.9 Å². The number of rotatable bonds is 6. The molecule has 4 heteroatoms. The summed E-state index contributed by atoms with van der Waals surface area (Å²) in [6.45, 7) is 0. The molecular weight excluding hydrogens is 372 g/mol. The van der Waals surface area contributed by atoms with Gasteiger partial charge in [0.2, 0.25) is 5.91 Å². The smallest absolute Gasteiger partial charge is 0.251 e. The molecular formula is C26H22N2O2. The molecule has 2 amide bonds. The molecule has 4 aromatic rings. The second kappa shape index (κ2) is 9.05. The summed E-state index contributed by atoms with van der Waals surface area (Å²) in [4.78, 5) is 25.6. The van der Waals surface area contributed by atoms with E-state index >= 15 is 0 Å². The van der Waals surface area contributed by atoms with E-state index in [4.69, 9.17) is 0 Å². The number of anilines is 1. The molecule has 0 unspecified atom stereocenters. The van der Waals surface area contributed by atoms with Crippen LogP contribution in [0.2, 0.25) is 0 Å². The molecule has 0 fully saturated rings. The summed E-state index contributed by atoms with van der Waals surface area (Å²) in [5.41, 5.74) is 2.21. The molecule has 0 radical (unpaired) electrons. The predicted octanol–water partition coefficient (Wildman–Crippen LogP) is 5.34. The van der Waals surface area contributed by atoms with Gasteiger partial charge in [-0.2, -0.15) is 0 Å². The van der Waals surface area contributed by atoms with Crippen LogP contribution in [-0.2, 0) is 4.79 Å². The van der Waals surface area contributed by atoms with E-state index in [0.29, 0.717) is 5.56 Å². The highest BCUT2D eigenvalue weighted by Crippen LogP contribution is 2.24. The van der Waals surface area contributed by atoms with Crippen molar-refractivity contribution in [1.29, 1.82) is 0 Å². The third kappa shape index (κ3) is 4.55. The van der Waals surface area contributed by atoms with Crippen molar-refractivity contribution < 1.29 is 9.59 Å². The maximum absolute atomic E-state index is 12.9. The van der Waals surface area contributed by atoms with Crippen LogP contribution in [0.1, 0.15) is 28.4 Å². The SMILES string of the molecule is O=C(C[C@@H](NC(=O)c1ccccc1)c1ccccc1)Nc1cccc2ccccc12. The Morgan fingerprint density at radius 2 is 1.33 bits per heavy atom. The van der Waals surface area contributed by atoms with Gasteiger partial charge < -0.3 is 10.6 Å². The van der Waals surface area contributed by atoms with Gasteiger partial charge in [0.05, 0.1) is 12.5 Å². The molecule has 30 heavy (non-hydrogen) atoms. The second-order valence-electron chi connectivity index (χ2n) is 7.08. The van der Waals surface area contributed by atoms with Gasteiger partial charge in [0.25, 0.3) is 5.91 Å². The lowest BCUT2D eigenvalue weighted by Gasteiger charge is -2.19. The van der Waals surface area contributed by atoms with E-state index in [1.54, 1.807) is 12.1 Å². The molecule has 4 nitrogen and oxygen atoms in total. The molecule has 0 spiro atoms. The van der Waals surface area contributed by atoms with Crippen LogP contribution in [0.15, 0.2) is 103 Å². The Bertz CT molecular complexity index is 1150. The number of carbonyl (C=O) groups is 2. The summed E-state index contributed by atoms with van der Waals surface area (Å²) in [5.74, 6) is -0.365. The van der Waals surface area contributed by atoms with E-state index < -0.39 is 6.04 Å². The normalized spacial score (nSPS) is 11.6. The molecule has 0 aliphatic heterocycles. The second-order valence-corrected chi connectivity index (χ2v) is 7.08. The Hall–Kier alpha value is -3.92. The first-order valence-electron chi connectivity index (χ1n) is 9.89. The number of hydrogen-bond donors (Lipinski definition) is 2. The highest BCUT2D eigenvalue weighted by atomic mass is 16.2. The summed E-state index contributed by atoms with van der Waals surface area (Å²) in [6, 6.07) is 31.9. The maximum Gasteiger partial charge on any atom is 0.251 e. The van der Waals surface area contributed by atoms with Gasteiger partial charge in [-0.05, 0) is 29.1 Å². The minimum absolute atomic E-state index is 0.131. The highest BCUT2D eigenvalue weighted by Gasteiger charge is 2.19. The Morgan fingerprint density at radius 3 is 2.10 bits per heavy atom. The van der Waals surface area contributed by atoms with Crippen molar-refractivity contribution in [1.82, 2.24) is 5.32 Å². The first-order chi connectivity index (χ1) is 14.7. The van der Waals surface area contributed by atoms with Crippen molar-refractivity contribution in [2.24, 2.45) is 0 Å². The zero-order chi connectivity index (χ0) is 20.8. The van der Waals surface area contributed by atoms with Gasteiger partial charge in [0, 0.05) is 16.6 Å². The Kier molecular flexibility index (Phi) is 5.85. The molecule has 0 aliphatic carbocycles. The van der Waals surface area contributed by atoms with Crippen molar-refractivity contribution in [2.45, 2.75) is 12.5 Å². The van der Waals surface area contributed by atoms with Gasteiger partial charge in [-0.15, -0.1) is 0 Å². The monoisotopic (exact) mass is 394 g/mol. The van der Waals surface area contributed by atoms with Crippen LogP contribution in [0, 0.1) is 0 Å². The van der Waals surface area contributed by atoms with E-state index in [1.165, 1.54) is 0 Å². The van der Waals surface area contributed by atoms with Crippen LogP contribution in [0.25, 0.3) is 10.8 Å². The zero-order valence-corrected chi connectivity index (χ0v) is 16.4. The lowest BCUT2D eigenvalue weighted by atomic mass is 10.0. The first-order valence-corrected chi connectivity index (χ1v) is 9.89. The lowest BCUT2D eigenvalue weighted by molar-refractivity contribution is -0.116. The van der Waals surface area contributed by atoms with Crippen LogP contribution < -0.4 is 10.6 Å². The molecule has 2 N–H and O–H groups in total. The molecule has 0 aliphatic rings. The van der Waals surface area contributed by atoms with E-state index in [9.17, 15) is 9.59 Å². The molecule has 0 saturated heterocycles. The quantitative estimate of drug-likeness (QED) is 0.464. The Labute approximate surface area is 175 Å². The maximum atomic E-state index is 12.9.